The van der Waals surface area contributed by atoms with Crippen LogP contribution >= 0.6 is 0 Å². The number of benzene rings is 1. The standard InChI is InChI=1S/C20H28N2O3/c1-15-13-22(14-20(15,24)16-5-4-6-16)19(23)17-7-2-3-8-18(17)21-9-11-25-12-10-21/h2-3,7-8,15-16,24H,4-6,9-14H2,1H3/t15-,20+/m1/s1. The molecule has 2 heterocycles. The Morgan fingerprint density at radius 2 is 1.96 bits per heavy atom. The second-order valence-corrected chi connectivity index (χ2v) is 7.82. The number of carbonyl (C=O) groups excluding carboxylic acids is 1. The molecular weight excluding hydrogens is 316 g/mol. The molecule has 1 aromatic rings. The largest absolute Gasteiger partial charge is 0.387 e. The molecule has 0 bridgehead atoms. The quantitative estimate of drug-likeness (QED) is 0.913. The molecule has 2 aliphatic heterocycles. The van der Waals surface area contributed by atoms with E-state index in [1.54, 1.807) is 0 Å². The van der Waals surface area contributed by atoms with Gasteiger partial charge in [-0.3, -0.25) is 4.79 Å². The number of nitrogens with zero attached hydrogens (tertiary/aromatic N) is 2. The molecular formula is C20H28N2O3. The van der Waals surface area contributed by atoms with Crippen LogP contribution < -0.4 is 4.90 Å². The Balaban J connectivity index is 1.55. The summed E-state index contributed by atoms with van der Waals surface area (Å²) in [4.78, 5) is 17.3. The van der Waals surface area contributed by atoms with Crippen molar-refractivity contribution in [3.05, 3.63) is 29.8 Å². The Hall–Kier alpha value is -1.59. The van der Waals surface area contributed by atoms with Gasteiger partial charge in [0, 0.05) is 31.2 Å². The van der Waals surface area contributed by atoms with Gasteiger partial charge in [-0.05, 0) is 30.9 Å². The van der Waals surface area contributed by atoms with Gasteiger partial charge in [0.05, 0.1) is 30.9 Å². The van der Waals surface area contributed by atoms with Crippen molar-refractivity contribution in [1.29, 1.82) is 0 Å². The van der Waals surface area contributed by atoms with E-state index in [2.05, 4.69) is 11.8 Å². The van der Waals surface area contributed by atoms with Crippen molar-refractivity contribution in [1.82, 2.24) is 4.90 Å². The van der Waals surface area contributed by atoms with E-state index in [1.807, 2.05) is 29.2 Å². The van der Waals surface area contributed by atoms with Gasteiger partial charge >= 0.3 is 0 Å². The summed E-state index contributed by atoms with van der Waals surface area (Å²) in [5.74, 6) is 0.538. The van der Waals surface area contributed by atoms with Crippen molar-refractivity contribution >= 4 is 11.6 Å². The molecule has 1 N–H and O–H groups in total. The highest BCUT2D eigenvalue weighted by Gasteiger charge is 2.51. The number of ether oxygens (including phenoxy) is 1. The number of aliphatic hydroxyl groups is 1. The zero-order chi connectivity index (χ0) is 17.4. The van der Waals surface area contributed by atoms with E-state index in [0.717, 1.165) is 37.2 Å². The lowest BCUT2D eigenvalue weighted by atomic mass is 9.69. The van der Waals surface area contributed by atoms with Crippen LogP contribution in [-0.2, 0) is 4.74 Å². The molecule has 136 valence electrons. The van der Waals surface area contributed by atoms with Gasteiger partial charge in [-0.1, -0.05) is 25.5 Å². The van der Waals surface area contributed by atoms with E-state index < -0.39 is 5.60 Å². The van der Waals surface area contributed by atoms with Gasteiger partial charge in [-0.2, -0.15) is 0 Å². The predicted molar refractivity (Wildman–Crippen MR) is 96.8 cm³/mol. The molecule has 1 aliphatic carbocycles. The number of hydrogen-bond acceptors (Lipinski definition) is 4. The number of β-amino-alcohol motifs (C(OH)–C–C–N with tert-alkyl or cyclic N) is 1. The lowest BCUT2D eigenvalue weighted by Crippen LogP contribution is -2.48. The average molecular weight is 344 g/mol. The summed E-state index contributed by atoms with van der Waals surface area (Å²) >= 11 is 0. The molecule has 1 aromatic carbocycles. The molecule has 3 fully saturated rings. The maximum absolute atomic E-state index is 13.2. The topological polar surface area (TPSA) is 53.0 Å². The van der Waals surface area contributed by atoms with Crippen LogP contribution in [0.4, 0.5) is 5.69 Å². The highest BCUT2D eigenvalue weighted by atomic mass is 16.5. The van der Waals surface area contributed by atoms with Crippen molar-refractivity contribution in [3.63, 3.8) is 0 Å². The summed E-state index contributed by atoms with van der Waals surface area (Å²) in [5, 5.41) is 11.1. The van der Waals surface area contributed by atoms with Gasteiger partial charge in [-0.25, -0.2) is 0 Å². The summed E-state index contributed by atoms with van der Waals surface area (Å²) in [5.41, 5.74) is 1.03. The molecule has 1 saturated carbocycles. The number of carbonyl (C=O) groups is 1. The van der Waals surface area contributed by atoms with E-state index in [9.17, 15) is 9.90 Å². The number of morpholine rings is 1. The second-order valence-electron chi connectivity index (χ2n) is 7.82. The SMILES string of the molecule is C[C@@H]1CN(C(=O)c2ccccc2N2CCOCC2)C[C@@]1(O)C1CCC1. The number of para-hydroxylation sites is 1. The minimum atomic E-state index is -0.707. The zero-order valence-corrected chi connectivity index (χ0v) is 15.0. The molecule has 3 aliphatic rings. The third-order valence-electron chi connectivity index (χ3n) is 6.38. The molecule has 5 heteroatoms. The van der Waals surface area contributed by atoms with Gasteiger partial charge in [0.25, 0.3) is 5.91 Å². The Bertz CT molecular complexity index is 640. The fourth-order valence-electron chi connectivity index (χ4n) is 4.51. The molecule has 0 aromatic heterocycles. The molecule has 2 saturated heterocycles. The monoisotopic (exact) mass is 344 g/mol. The molecule has 1 amide bonds. The van der Waals surface area contributed by atoms with Crippen LogP contribution in [0.25, 0.3) is 0 Å². The Kier molecular flexibility index (Phi) is 4.46. The molecule has 0 radical (unpaired) electrons. The molecule has 25 heavy (non-hydrogen) atoms. The number of hydrogen-bond donors (Lipinski definition) is 1. The summed E-state index contributed by atoms with van der Waals surface area (Å²) in [6, 6.07) is 7.85. The average Bonchev–Trinajstić information content (AvgIpc) is 2.89. The van der Waals surface area contributed by atoms with E-state index >= 15 is 0 Å². The first-order valence-corrected chi connectivity index (χ1v) is 9.53. The minimum absolute atomic E-state index is 0.0455. The fraction of sp³-hybridized carbons (Fsp3) is 0.650. The van der Waals surface area contributed by atoms with Crippen molar-refractivity contribution in [2.45, 2.75) is 31.8 Å². The predicted octanol–water partition coefficient (Wildman–Crippen LogP) is 2.15. The first-order chi connectivity index (χ1) is 12.1. The Morgan fingerprint density at radius 1 is 1.24 bits per heavy atom. The van der Waals surface area contributed by atoms with Crippen molar-refractivity contribution in [3.8, 4) is 0 Å². The first kappa shape index (κ1) is 16.9. The van der Waals surface area contributed by atoms with Crippen LogP contribution in [0.2, 0.25) is 0 Å². The van der Waals surface area contributed by atoms with E-state index in [-0.39, 0.29) is 11.8 Å². The summed E-state index contributed by atoms with van der Waals surface area (Å²) in [7, 11) is 0. The highest BCUT2D eigenvalue weighted by Crippen LogP contribution is 2.44. The molecule has 4 rings (SSSR count). The third kappa shape index (κ3) is 2.93. The van der Waals surface area contributed by atoms with Crippen LogP contribution in [0.1, 0.15) is 36.5 Å². The number of amides is 1. The lowest BCUT2D eigenvalue weighted by Gasteiger charge is -2.41. The minimum Gasteiger partial charge on any atom is -0.387 e. The van der Waals surface area contributed by atoms with Crippen molar-refractivity contribution in [2.75, 3.05) is 44.3 Å². The van der Waals surface area contributed by atoms with Crippen LogP contribution in [0, 0.1) is 11.8 Å². The third-order valence-corrected chi connectivity index (χ3v) is 6.38. The number of likely N-dealkylation sites (tertiary alicyclic amines) is 1. The maximum Gasteiger partial charge on any atom is 0.256 e. The molecule has 5 nitrogen and oxygen atoms in total. The van der Waals surface area contributed by atoms with Crippen LogP contribution in [-0.4, -0.2) is 60.9 Å². The summed E-state index contributed by atoms with van der Waals surface area (Å²) in [6.45, 7) is 6.21. The van der Waals surface area contributed by atoms with Crippen LogP contribution in [0.3, 0.4) is 0 Å². The van der Waals surface area contributed by atoms with Crippen LogP contribution in [0.5, 0.6) is 0 Å². The van der Waals surface area contributed by atoms with E-state index in [1.165, 1.54) is 6.42 Å². The zero-order valence-electron chi connectivity index (χ0n) is 15.0. The normalized spacial score (nSPS) is 30.4. The van der Waals surface area contributed by atoms with Crippen LogP contribution in [0.15, 0.2) is 24.3 Å². The van der Waals surface area contributed by atoms with E-state index in [4.69, 9.17) is 4.74 Å². The summed E-state index contributed by atoms with van der Waals surface area (Å²) in [6.07, 6.45) is 3.38. The van der Waals surface area contributed by atoms with Gasteiger partial charge in [-0.15, -0.1) is 0 Å². The summed E-state index contributed by atoms with van der Waals surface area (Å²) < 4.78 is 5.44. The Morgan fingerprint density at radius 3 is 2.64 bits per heavy atom. The number of anilines is 1. The van der Waals surface area contributed by atoms with Gasteiger partial charge in [0.15, 0.2) is 0 Å². The van der Waals surface area contributed by atoms with Gasteiger partial charge < -0.3 is 19.6 Å². The molecule has 0 spiro atoms. The van der Waals surface area contributed by atoms with Crippen molar-refractivity contribution < 1.29 is 14.6 Å². The number of rotatable bonds is 3. The molecule has 2 atom stereocenters. The maximum atomic E-state index is 13.2. The second kappa shape index (κ2) is 6.61. The lowest BCUT2D eigenvalue weighted by molar-refractivity contribution is -0.0660. The smallest absolute Gasteiger partial charge is 0.256 e. The highest BCUT2D eigenvalue weighted by molar-refractivity contribution is 6.00. The fourth-order valence-corrected chi connectivity index (χ4v) is 4.51. The first-order valence-electron chi connectivity index (χ1n) is 9.53. The van der Waals surface area contributed by atoms with Gasteiger partial charge in [0.1, 0.15) is 0 Å². The van der Waals surface area contributed by atoms with Gasteiger partial charge in [0.2, 0.25) is 0 Å². The molecule has 0 unspecified atom stereocenters. The van der Waals surface area contributed by atoms with E-state index in [0.29, 0.717) is 32.2 Å². The van der Waals surface area contributed by atoms with Crippen molar-refractivity contribution in [2.24, 2.45) is 11.8 Å². The Labute approximate surface area is 149 Å².